The Morgan fingerprint density at radius 2 is 2.00 bits per heavy atom. The van der Waals surface area contributed by atoms with Crippen LogP contribution in [0.25, 0.3) is 6.08 Å². The Morgan fingerprint density at radius 1 is 1.38 bits per heavy atom. The highest BCUT2D eigenvalue weighted by Gasteiger charge is 2.27. The first kappa shape index (κ1) is 15.6. The number of nitrogens with zero attached hydrogens (tertiary/aromatic N) is 1. The van der Waals surface area contributed by atoms with Gasteiger partial charge in [0.1, 0.15) is 11.3 Å². The highest BCUT2D eigenvalue weighted by atomic mass is 35.5. The summed E-state index contributed by atoms with van der Waals surface area (Å²) in [7, 11) is 0. The van der Waals surface area contributed by atoms with Crippen LogP contribution in [0.2, 0.25) is 10.0 Å². The minimum Gasteiger partial charge on any atom is -0.505 e. The molecular weight excluding hydrogens is 313 g/mol. The summed E-state index contributed by atoms with van der Waals surface area (Å²) in [5, 5.41) is 11.0. The van der Waals surface area contributed by atoms with Gasteiger partial charge in [0.2, 0.25) is 0 Å². The number of halogens is 2. The van der Waals surface area contributed by atoms with Gasteiger partial charge in [-0.05, 0) is 32.1 Å². The van der Waals surface area contributed by atoms with Crippen LogP contribution in [-0.2, 0) is 9.53 Å². The van der Waals surface area contributed by atoms with Gasteiger partial charge in [-0.3, -0.25) is 0 Å². The summed E-state index contributed by atoms with van der Waals surface area (Å²) >= 11 is 12.1. The first-order valence-electron chi connectivity index (χ1n) is 6.27. The monoisotopic (exact) mass is 325 g/mol. The molecule has 1 aromatic rings. The normalized spacial score (nSPS) is 16.4. The third-order valence-electron chi connectivity index (χ3n) is 2.89. The predicted octanol–water partition coefficient (Wildman–Crippen LogP) is 4.18. The number of carbonyl (C=O) groups excluding carboxylic acids is 1. The maximum Gasteiger partial charge on any atom is 0.343 e. The first-order chi connectivity index (χ1) is 9.95. The Kier molecular flexibility index (Phi) is 4.70. The molecule has 0 atom stereocenters. The van der Waals surface area contributed by atoms with Gasteiger partial charge in [0.05, 0.1) is 12.3 Å². The largest absolute Gasteiger partial charge is 0.505 e. The van der Waals surface area contributed by atoms with Crippen LogP contribution >= 0.6 is 23.2 Å². The Hall–Kier alpha value is -1.78. The molecule has 0 spiro atoms. The van der Waals surface area contributed by atoms with Crippen LogP contribution in [0.4, 0.5) is 0 Å². The molecule has 1 N–H and O–H groups in total. The zero-order valence-electron chi connectivity index (χ0n) is 11.5. The molecule has 21 heavy (non-hydrogen) atoms. The highest BCUT2D eigenvalue weighted by Crippen LogP contribution is 2.31. The number of hydrogen-bond donors (Lipinski definition) is 1. The molecule has 0 fully saturated rings. The molecule has 0 aromatic heterocycles. The molecule has 6 heteroatoms. The van der Waals surface area contributed by atoms with Crippen LogP contribution in [0.5, 0.6) is 0 Å². The van der Waals surface area contributed by atoms with E-state index in [1.807, 2.05) is 0 Å². The topological polar surface area (TPSA) is 58.9 Å². The third-order valence-corrected chi connectivity index (χ3v) is 3.55. The van der Waals surface area contributed by atoms with Crippen LogP contribution in [0.15, 0.2) is 40.2 Å². The molecular formula is C15H13Cl2NO3. The molecule has 2 rings (SSSR count). The lowest BCUT2D eigenvalue weighted by atomic mass is 10.1. The van der Waals surface area contributed by atoms with Crippen molar-refractivity contribution in [2.75, 3.05) is 6.61 Å². The molecule has 0 unspecified atom stereocenters. The summed E-state index contributed by atoms with van der Waals surface area (Å²) in [5.41, 5.74) is 1.21. The molecule has 0 aliphatic carbocycles. The van der Waals surface area contributed by atoms with E-state index in [1.165, 1.54) is 6.08 Å². The number of benzene rings is 1. The van der Waals surface area contributed by atoms with Crippen LogP contribution in [0.3, 0.4) is 0 Å². The molecule has 1 aliphatic heterocycles. The van der Waals surface area contributed by atoms with Crippen LogP contribution in [0, 0.1) is 0 Å². The molecule has 0 saturated carbocycles. The van der Waals surface area contributed by atoms with Crippen molar-refractivity contribution in [2.24, 2.45) is 4.99 Å². The molecule has 1 aliphatic rings. The predicted molar refractivity (Wildman–Crippen MR) is 83.8 cm³/mol. The number of carbonyl (C=O) groups is 1. The lowest BCUT2D eigenvalue weighted by Gasteiger charge is -2.04. The van der Waals surface area contributed by atoms with E-state index in [1.54, 1.807) is 32.0 Å². The van der Waals surface area contributed by atoms with Gasteiger partial charge in [0, 0.05) is 15.6 Å². The second-order valence-electron chi connectivity index (χ2n) is 4.31. The average Bonchev–Trinajstić information content (AvgIpc) is 2.69. The smallest absolute Gasteiger partial charge is 0.343 e. The van der Waals surface area contributed by atoms with E-state index in [4.69, 9.17) is 27.9 Å². The van der Waals surface area contributed by atoms with Crippen molar-refractivity contribution < 1.29 is 14.6 Å². The van der Waals surface area contributed by atoms with Crippen molar-refractivity contribution in [1.29, 1.82) is 0 Å². The van der Waals surface area contributed by atoms with Crippen molar-refractivity contribution in [2.45, 2.75) is 13.8 Å². The number of hydrogen-bond acceptors (Lipinski definition) is 4. The van der Waals surface area contributed by atoms with E-state index in [9.17, 15) is 9.90 Å². The molecule has 0 bridgehead atoms. The lowest BCUT2D eigenvalue weighted by molar-refractivity contribution is -0.138. The van der Waals surface area contributed by atoms with Crippen molar-refractivity contribution in [3.8, 4) is 0 Å². The minimum absolute atomic E-state index is 0.0614. The standard InChI is InChI=1S/C15H13Cl2NO3/c1-3-21-15(20)13-8(2)18-12(14(13)19)7-9-10(16)5-4-6-11(9)17/h4-7,19H,3H2,1-2H3. The molecule has 0 amide bonds. The second-order valence-corrected chi connectivity index (χ2v) is 5.12. The summed E-state index contributed by atoms with van der Waals surface area (Å²) in [6.45, 7) is 3.53. The quantitative estimate of drug-likeness (QED) is 0.848. The van der Waals surface area contributed by atoms with E-state index < -0.39 is 5.97 Å². The number of rotatable bonds is 3. The average molecular weight is 326 g/mol. The van der Waals surface area contributed by atoms with E-state index >= 15 is 0 Å². The minimum atomic E-state index is -0.607. The van der Waals surface area contributed by atoms with E-state index in [0.717, 1.165) is 0 Å². The lowest BCUT2D eigenvalue weighted by Crippen LogP contribution is -2.13. The van der Waals surface area contributed by atoms with Gasteiger partial charge in [-0.15, -0.1) is 0 Å². The summed E-state index contributed by atoms with van der Waals surface area (Å²) < 4.78 is 4.90. The number of aliphatic hydroxyl groups excluding tert-OH is 1. The number of esters is 1. The van der Waals surface area contributed by atoms with E-state index in [0.29, 0.717) is 21.3 Å². The SMILES string of the molecule is CCOC(=O)C1=C(O)C(=Cc2c(Cl)cccc2Cl)N=C1C. The van der Waals surface area contributed by atoms with Gasteiger partial charge < -0.3 is 9.84 Å². The van der Waals surface area contributed by atoms with Crippen LogP contribution in [-0.4, -0.2) is 23.4 Å². The molecule has 0 radical (unpaired) electrons. The number of aliphatic hydroxyl groups is 1. The summed E-state index contributed by atoms with van der Waals surface area (Å²) in [5.74, 6) is -0.841. The fourth-order valence-corrected chi connectivity index (χ4v) is 2.43. The fourth-order valence-electron chi connectivity index (χ4n) is 1.92. The van der Waals surface area contributed by atoms with Crippen molar-refractivity contribution in [1.82, 2.24) is 0 Å². The van der Waals surface area contributed by atoms with E-state index in [-0.39, 0.29) is 23.6 Å². The van der Waals surface area contributed by atoms with Gasteiger partial charge in [0.15, 0.2) is 5.76 Å². The number of aliphatic imine (C=N–C) groups is 1. The van der Waals surface area contributed by atoms with Gasteiger partial charge in [-0.2, -0.15) is 0 Å². The summed E-state index contributed by atoms with van der Waals surface area (Å²) in [4.78, 5) is 16.0. The Balaban J connectivity index is 2.47. The highest BCUT2D eigenvalue weighted by molar-refractivity contribution is 6.37. The third kappa shape index (κ3) is 3.12. The molecule has 4 nitrogen and oxygen atoms in total. The van der Waals surface area contributed by atoms with Crippen LogP contribution in [0.1, 0.15) is 19.4 Å². The van der Waals surface area contributed by atoms with Gasteiger partial charge in [0.25, 0.3) is 0 Å². The van der Waals surface area contributed by atoms with Gasteiger partial charge in [-0.25, -0.2) is 9.79 Å². The van der Waals surface area contributed by atoms with E-state index in [2.05, 4.69) is 4.99 Å². The second kappa shape index (κ2) is 6.33. The van der Waals surface area contributed by atoms with Crippen molar-refractivity contribution in [3.63, 3.8) is 0 Å². The van der Waals surface area contributed by atoms with Gasteiger partial charge >= 0.3 is 5.97 Å². The number of ether oxygens (including phenoxy) is 1. The maximum atomic E-state index is 11.8. The zero-order valence-corrected chi connectivity index (χ0v) is 13.0. The fraction of sp³-hybridized carbons (Fsp3) is 0.200. The zero-order chi connectivity index (χ0) is 15.6. The van der Waals surface area contributed by atoms with Gasteiger partial charge in [-0.1, -0.05) is 29.3 Å². The molecule has 1 heterocycles. The molecule has 0 saturated heterocycles. The Morgan fingerprint density at radius 3 is 2.57 bits per heavy atom. The Bertz CT molecular complexity index is 670. The van der Waals surface area contributed by atoms with Crippen molar-refractivity contribution >= 4 is 41.0 Å². The van der Waals surface area contributed by atoms with Crippen molar-refractivity contribution in [3.05, 3.63) is 50.8 Å². The molecule has 1 aromatic carbocycles. The Labute approximate surface area is 132 Å². The summed E-state index contributed by atoms with van der Waals surface area (Å²) in [6, 6.07) is 5.08. The maximum absolute atomic E-state index is 11.8. The molecule has 110 valence electrons. The van der Waals surface area contributed by atoms with Crippen LogP contribution < -0.4 is 0 Å². The summed E-state index contributed by atoms with van der Waals surface area (Å²) in [6.07, 6.45) is 1.54. The first-order valence-corrected chi connectivity index (χ1v) is 7.03.